The molecule has 2 rings (SSSR count). The van der Waals surface area contributed by atoms with Crippen LogP contribution in [0.25, 0.3) is 0 Å². The predicted octanol–water partition coefficient (Wildman–Crippen LogP) is 1.26. The van der Waals surface area contributed by atoms with Gasteiger partial charge in [0.15, 0.2) is 0 Å². The first-order valence-electron chi connectivity index (χ1n) is 7.34. The van der Waals surface area contributed by atoms with E-state index in [-0.39, 0.29) is 5.56 Å². The van der Waals surface area contributed by atoms with Crippen molar-refractivity contribution in [3.63, 3.8) is 0 Å². The normalized spacial score (nSPS) is 16.4. The van der Waals surface area contributed by atoms with E-state index in [1.807, 2.05) is 6.20 Å². The lowest BCUT2D eigenvalue weighted by Gasteiger charge is -2.31. The average Bonchev–Trinajstić information content (AvgIpc) is 2.46. The van der Waals surface area contributed by atoms with Gasteiger partial charge in [-0.15, -0.1) is 6.58 Å². The fraction of sp³-hybridized carbons (Fsp3) is 0.600. The van der Waals surface area contributed by atoms with Crippen molar-refractivity contribution in [1.82, 2.24) is 15.1 Å². The monoisotopic (exact) mass is 276 g/mol. The summed E-state index contributed by atoms with van der Waals surface area (Å²) in [5.74, 6) is 0.788. The van der Waals surface area contributed by atoms with Crippen LogP contribution in [0.3, 0.4) is 0 Å². The Morgan fingerprint density at radius 2 is 2.25 bits per heavy atom. The van der Waals surface area contributed by atoms with E-state index in [1.165, 1.54) is 17.5 Å². The van der Waals surface area contributed by atoms with Crippen molar-refractivity contribution < 1.29 is 0 Å². The highest BCUT2D eigenvalue weighted by Gasteiger charge is 2.16. The van der Waals surface area contributed by atoms with Crippen LogP contribution in [0.4, 0.5) is 5.69 Å². The maximum absolute atomic E-state index is 12.0. The molecule has 20 heavy (non-hydrogen) atoms. The molecule has 1 aliphatic rings. The second-order valence-electron chi connectivity index (χ2n) is 5.44. The molecule has 0 spiro atoms. The molecule has 0 aromatic carbocycles. The summed E-state index contributed by atoms with van der Waals surface area (Å²) < 4.78 is 1.51. The van der Waals surface area contributed by atoms with Crippen LogP contribution in [-0.4, -0.2) is 36.0 Å². The van der Waals surface area contributed by atoms with Crippen molar-refractivity contribution in [1.29, 1.82) is 0 Å². The summed E-state index contributed by atoms with van der Waals surface area (Å²) in [6.45, 7) is 10.0. The Bertz CT molecular complexity index is 489. The molecule has 0 saturated carbocycles. The van der Waals surface area contributed by atoms with Gasteiger partial charge in [0.2, 0.25) is 0 Å². The summed E-state index contributed by atoms with van der Waals surface area (Å²) in [5, 5.41) is 7.43. The molecular weight excluding hydrogens is 252 g/mol. The molecule has 2 heterocycles. The van der Waals surface area contributed by atoms with E-state index in [0.29, 0.717) is 6.54 Å². The number of piperidine rings is 1. The molecule has 0 unspecified atom stereocenters. The van der Waals surface area contributed by atoms with E-state index in [1.54, 1.807) is 12.1 Å². The fourth-order valence-electron chi connectivity index (χ4n) is 2.42. The minimum Gasteiger partial charge on any atom is -0.370 e. The molecule has 0 aliphatic carbocycles. The van der Waals surface area contributed by atoms with Crippen molar-refractivity contribution in [2.45, 2.75) is 26.3 Å². The van der Waals surface area contributed by atoms with Gasteiger partial charge in [-0.25, -0.2) is 4.68 Å². The van der Waals surface area contributed by atoms with Gasteiger partial charge in [0.05, 0.1) is 18.4 Å². The number of hydrogen-bond donors (Lipinski definition) is 1. The van der Waals surface area contributed by atoms with E-state index in [2.05, 4.69) is 28.8 Å². The summed E-state index contributed by atoms with van der Waals surface area (Å²) >= 11 is 0. The van der Waals surface area contributed by atoms with Crippen molar-refractivity contribution in [3.8, 4) is 0 Å². The predicted molar refractivity (Wildman–Crippen MR) is 82.2 cm³/mol. The first-order chi connectivity index (χ1) is 9.70. The van der Waals surface area contributed by atoms with Gasteiger partial charge < -0.3 is 10.2 Å². The second-order valence-corrected chi connectivity index (χ2v) is 5.44. The first kappa shape index (κ1) is 14.8. The molecule has 1 fully saturated rings. The number of anilines is 1. The number of nitrogens with zero attached hydrogens (tertiary/aromatic N) is 3. The van der Waals surface area contributed by atoms with Crippen LogP contribution in [0.1, 0.15) is 19.8 Å². The Morgan fingerprint density at radius 1 is 1.50 bits per heavy atom. The molecule has 5 nitrogen and oxygen atoms in total. The van der Waals surface area contributed by atoms with Gasteiger partial charge in [0, 0.05) is 32.2 Å². The minimum absolute atomic E-state index is 0.0264. The SMILES string of the molecule is C=CCNCCn1ncc(N2CCC(C)CC2)cc1=O. The summed E-state index contributed by atoms with van der Waals surface area (Å²) in [5.41, 5.74) is 0.929. The quantitative estimate of drug-likeness (QED) is 0.628. The van der Waals surface area contributed by atoms with Gasteiger partial charge in [-0.2, -0.15) is 5.10 Å². The Balaban J connectivity index is 1.95. The zero-order valence-corrected chi connectivity index (χ0v) is 12.2. The Kier molecular flexibility index (Phi) is 5.35. The first-order valence-corrected chi connectivity index (χ1v) is 7.34. The smallest absolute Gasteiger partial charge is 0.268 e. The molecule has 110 valence electrons. The third kappa shape index (κ3) is 3.93. The third-order valence-electron chi connectivity index (χ3n) is 3.79. The zero-order chi connectivity index (χ0) is 14.4. The number of nitrogens with one attached hydrogen (secondary N) is 1. The third-order valence-corrected chi connectivity index (χ3v) is 3.79. The van der Waals surface area contributed by atoms with Crippen LogP contribution in [0, 0.1) is 5.92 Å². The highest BCUT2D eigenvalue weighted by Crippen LogP contribution is 2.20. The summed E-state index contributed by atoms with van der Waals surface area (Å²) in [4.78, 5) is 14.3. The van der Waals surface area contributed by atoms with Gasteiger partial charge in [-0.05, 0) is 18.8 Å². The van der Waals surface area contributed by atoms with E-state index in [9.17, 15) is 4.79 Å². The molecule has 0 radical (unpaired) electrons. The summed E-state index contributed by atoms with van der Waals surface area (Å²) in [6, 6.07) is 1.70. The maximum Gasteiger partial charge on any atom is 0.268 e. The fourth-order valence-corrected chi connectivity index (χ4v) is 2.42. The van der Waals surface area contributed by atoms with Gasteiger partial charge in [-0.1, -0.05) is 13.0 Å². The van der Waals surface area contributed by atoms with Crippen molar-refractivity contribution >= 4 is 5.69 Å². The molecule has 0 amide bonds. The number of hydrogen-bond acceptors (Lipinski definition) is 4. The lowest BCUT2D eigenvalue weighted by Crippen LogP contribution is -2.35. The van der Waals surface area contributed by atoms with E-state index < -0.39 is 0 Å². The van der Waals surface area contributed by atoms with Crippen LogP contribution in [0.5, 0.6) is 0 Å². The van der Waals surface area contributed by atoms with Crippen LogP contribution >= 0.6 is 0 Å². The molecule has 0 atom stereocenters. The van der Waals surface area contributed by atoms with Crippen molar-refractivity contribution in [3.05, 3.63) is 35.3 Å². The average molecular weight is 276 g/mol. The molecule has 1 saturated heterocycles. The van der Waals surface area contributed by atoms with Crippen LogP contribution in [0.15, 0.2) is 29.7 Å². The maximum atomic E-state index is 12.0. The highest BCUT2D eigenvalue weighted by molar-refractivity contribution is 5.43. The number of rotatable bonds is 6. The lowest BCUT2D eigenvalue weighted by atomic mass is 9.99. The zero-order valence-electron chi connectivity index (χ0n) is 12.2. The number of aromatic nitrogens is 2. The van der Waals surface area contributed by atoms with Crippen LogP contribution in [0.2, 0.25) is 0 Å². The standard InChI is InChI=1S/C15H24N4O/c1-3-6-16-7-10-19-15(20)11-14(12-17-19)18-8-4-13(2)5-9-18/h3,11-13,16H,1,4-10H2,2H3. The van der Waals surface area contributed by atoms with E-state index >= 15 is 0 Å². The second kappa shape index (κ2) is 7.24. The molecule has 1 aliphatic heterocycles. The van der Waals surface area contributed by atoms with Gasteiger partial charge >= 0.3 is 0 Å². The Morgan fingerprint density at radius 3 is 2.90 bits per heavy atom. The topological polar surface area (TPSA) is 50.2 Å². The van der Waals surface area contributed by atoms with E-state index in [4.69, 9.17) is 0 Å². The highest BCUT2D eigenvalue weighted by atomic mass is 16.1. The molecule has 1 aromatic heterocycles. The summed E-state index contributed by atoms with van der Waals surface area (Å²) in [6.07, 6.45) is 5.99. The molecule has 5 heteroatoms. The summed E-state index contributed by atoms with van der Waals surface area (Å²) in [7, 11) is 0. The Labute approximate surface area is 120 Å². The Hall–Kier alpha value is -1.62. The van der Waals surface area contributed by atoms with Gasteiger partial charge in [-0.3, -0.25) is 4.79 Å². The van der Waals surface area contributed by atoms with E-state index in [0.717, 1.165) is 37.8 Å². The largest absolute Gasteiger partial charge is 0.370 e. The van der Waals surface area contributed by atoms with Gasteiger partial charge in [0.25, 0.3) is 5.56 Å². The molecule has 1 N–H and O–H groups in total. The minimum atomic E-state index is -0.0264. The van der Waals surface area contributed by atoms with Crippen molar-refractivity contribution in [2.24, 2.45) is 5.92 Å². The lowest BCUT2D eigenvalue weighted by molar-refractivity contribution is 0.437. The van der Waals surface area contributed by atoms with Crippen LogP contribution in [-0.2, 0) is 6.54 Å². The van der Waals surface area contributed by atoms with Crippen LogP contribution < -0.4 is 15.8 Å². The molecule has 0 bridgehead atoms. The molecule has 1 aromatic rings. The van der Waals surface area contributed by atoms with Gasteiger partial charge in [0.1, 0.15) is 0 Å². The van der Waals surface area contributed by atoms with Crippen molar-refractivity contribution in [2.75, 3.05) is 31.1 Å². The molecular formula is C15H24N4O.